The third-order valence-corrected chi connectivity index (χ3v) is 7.71. The van der Waals surface area contributed by atoms with Gasteiger partial charge in [-0.15, -0.1) is 0 Å². The van der Waals surface area contributed by atoms with Crippen LogP contribution in [0.3, 0.4) is 0 Å². The Kier molecular flexibility index (Phi) is 10.8. The monoisotopic (exact) mass is 544 g/mol. The second-order valence-corrected chi connectivity index (χ2v) is 11.9. The van der Waals surface area contributed by atoms with Crippen LogP contribution in [0.25, 0.3) is 0 Å². The molecule has 0 radical (unpaired) electrons. The molecule has 0 bridgehead atoms. The normalized spacial score (nSPS) is 19.3. The van der Waals surface area contributed by atoms with Crippen molar-refractivity contribution in [2.24, 2.45) is 11.8 Å². The fourth-order valence-corrected chi connectivity index (χ4v) is 5.43. The average molecular weight is 545 g/mol. The smallest absolute Gasteiger partial charge is 0.410 e. The van der Waals surface area contributed by atoms with E-state index in [1.165, 1.54) is 7.11 Å². The van der Waals surface area contributed by atoms with E-state index in [4.69, 9.17) is 9.47 Å². The zero-order valence-corrected chi connectivity index (χ0v) is 23.8. The first-order valence-corrected chi connectivity index (χ1v) is 14.1. The van der Waals surface area contributed by atoms with Gasteiger partial charge in [0.25, 0.3) is 0 Å². The highest BCUT2D eigenvalue weighted by Crippen LogP contribution is 2.30. The summed E-state index contributed by atoms with van der Waals surface area (Å²) < 4.78 is 10.3. The molecule has 0 spiro atoms. The molecular formula is C30H44N2O7. The number of phenolic OH excluding ortho intramolecular Hbond substituents is 1. The Morgan fingerprint density at radius 1 is 0.974 bits per heavy atom. The van der Waals surface area contributed by atoms with Gasteiger partial charge in [-0.2, -0.15) is 0 Å². The molecular weight excluding hydrogens is 500 g/mol. The van der Waals surface area contributed by atoms with E-state index in [0.717, 1.165) is 37.7 Å². The first-order chi connectivity index (χ1) is 18.4. The second-order valence-electron chi connectivity index (χ2n) is 11.9. The third kappa shape index (κ3) is 9.55. The molecule has 2 aliphatic heterocycles. The SMILES string of the molecule is COC(=O)CC(CC(=O)[C@@H]1CCCN(C(=O)CCC2CCN(C(=O)OC(C)(C)C)CC2)C1)c1ccc(O)cc1. The van der Waals surface area contributed by atoms with Gasteiger partial charge in [0.1, 0.15) is 17.1 Å². The molecule has 216 valence electrons. The quantitative estimate of drug-likeness (QED) is 0.450. The van der Waals surface area contributed by atoms with Crippen LogP contribution in [0.4, 0.5) is 4.79 Å². The van der Waals surface area contributed by atoms with Crippen molar-refractivity contribution in [2.75, 3.05) is 33.3 Å². The predicted molar refractivity (Wildman–Crippen MR) is 146 cm³/mol. The van der Waals surface area contributed by atoms with Crippen molar-refractivity contribution in [3.05, 3.63) is 29.8 Å². The molecule has 9 nitrogen and oxygen atoms in total. The van der Waals surface area contributed by atoms with Crippen molar-refractivity contribution in [1.29, 1.82) is 0 Å². The average Bonchev–Trinajstić information content (AvgIpc) is 2.91. The summed E-state index contributed by atoms with van der Waals surface area (Å²) in [5.41, 5.74) is 0.287. The Morgan fingerprint density at radius 2 is 1.64 bits per heavy atom. The number of piperidine rings is 2. The van der Waals surface area contributed by atoms with E-state index in [0.29, 0.717) is 38.5 Å². The lowest BCUT2D eigenvalue weighted by atomic mass is 9.84. The standard InChI is InChI=1S/C30H44N2O7/c1-30(2,3)39-29(37)31-16-13-21(14-17-31)7-12-27(35)32-15-5-6-23(20-32)26(34)18-24(19-28(36)38-4)22-8-10-25(33)11-9-22/h8-11,21,23-24,33H,5-7,12-20H2,1-4H3/t23-,24?/m1/s1. The van der Waals surface area contributed by atoms with Gasteiger partial charge in [0.05, 0.1) is 13.5 Å². The van der Waals surface area contributed by atoms with E-state index >= 15 is 0 Å². The van der Waals surface area contributed by atoms with E-state index in [2.05, 4.69) is 0 Å². The van der Waals surface area contributed by atoms with Crippen LogP contribution in [0.15, 0.2) is 24.3 Å². The summed E-state index contributed by atoms with van der Waals surface area (Å²) in [5.74, 6) is -0.356. The van der Waals surface area contributed by atoms with Gasteiger partial charge in [-0.3, -0.25) is 14.4 Å². The molecule has 1 aromatic carbocycles. The van der Waals surface area contributed by atoms with Crippen molar-refractivity contribution in [3.8, 4) is 5.75 Å². The van der Waals surface area contributed by atoms with Gasteiger partial charge >= 0.3 is 12.1 Å². The number of hydrogen-bond donors (Lipinski definition) is 1. The number of carbonyl (C=O) groups is 4. The molecule has 2 amide bonds. The van der Waals surface area contributed by atoms with Crippen LogP contribution in [0.5, 0.6) is 5.75 Å². The molecule has 0 aliphatic carbocycles. The molecule has 2 fully saturated rings. The summed E-state index contributed by atoms with van der Waals surface area (Å²) in [7, 11) is 1.33. The molecule has 2 saturated heterocycles. The number of phenols is 1. The number of benzene rings is 1. The number of nitrogens with zero attached hydrogens (tertiary/aromatic N) is 2. The molecule has 3 rings (SSSR count). The maximum absolute atomic E-state index is 13.3. The number of amides is 2. The maximum Gasteiger partial charge on any atom is 0.410 e. The molecule has 2 heterocycles. The molecule has 0 saturated carbocycles. The van der Waals surface area contributed by atoms with Crippen molar-refractivity contribution in [2.45, 2.75) is 83.7 Å². The Bertz CT molecular complexity index is 994. The van der Waals surface area contributed by atoms with Crippen LogP contribution < -0.4 is 0 Å². The van der Waals surface area contributed by atoms with Crippen LogP contribution in [-0.4, -0.2) is 77.5 Å². The second kappa shape index (κ2) is 13.8. The fraction of sp³-hybridized carbons (Fsp3) is 0.667. The first-order valence-electron chi connectivity index (χ1n) is 14.1. The van der Waals surface area contributed by atoms with Crippen LogP contribution in [0, 0.1) is 11.8 Å². The van der Waals surface area contributed by atoms with Crippen LogP contribution in [0.1, 0.15) is 83.6 Å². The minimum Gasteiger partial charge on any atom is -0.508 e. The number of carbonyl (C=O) groups excluding carboxylic acids is 4. The van der Waals surface area contributed by atoms with Gasteiger partial charge in [0.2, 0.25) is 5.91 Å². The first kappa shape index (κ1) is 30.4. The van der Waals surface area contributed by atoms with Crippen molar-refractivity contribution < 1.29 is 33.8 Å². The number of hydrogen-bond acceptors (Lipinski definition) is 7. The summed E-state index contributed by atoms with van der Waals surface area (Å²) in [4.78, 5) is 54.2. The number of rotatable bonds is 9. The van der Waals surface area contributed by atoms with Crippen molar-refractivity contribution in [3.63, 3.8) is 0 Å². The lowest BCUT2D eigenvalue weighted by Gasteiger charge is -2.35. The zero-order valence-electron chi connectivity index (χ0n) is 23.8. The van der Waals surface area contributed by atoms with Gasteiger partial charge in [0, 0.05) is 50.9 Å². The molecule has 1 unspecified atom stereocenters. The zero-order chi connectivity index (χ0) is 28.6. The van der Waals surface area contributed by atoms with Gasteiger partial charge < -0.3 is 24.4 Å². The summed E-state index contributed by atoms with van der Waals surface area (Å²) in [6.07, 6.45) is 4.41. The highest BCUT2D eigenvalue weighted by Gasteiger charge is 2.32. The molecule has 2 aliphatic rings. The van der Waals surface area contributed by atoms with Crippen LogP contribution in [0.2, 0.25) is 0 Å². The Labute approximate surface area is 231 Å². The van der Waals surface area contributed by atoms with Gasteiger partial charge in [-0.05, 0) is 76.5 Å². The van der Waals surface area contributed by atoms with Gasteiger partial charge in [-0.1, -0.05) is 12.1 Å². The number of methoxy groups -OCH3 is 1. The number of ketones is 1. The number of ether oxygens (including phenoxy) is 2. The van der Waals surface area contributed by atoms with E-state index in [-0.39, 0.29) is 48.2 Å². The number of likely N-dealkylation sites (tertiary alicyclic amines) is 2. The summed E-state index contributed by atoms with van der Waals surface area (Å²) in [5, 5.41) is 9.61. The van der Waals surface area contributed by atoms with Gasteiger partial charge in [0.15, 0.2) is 0 Å². The summed E-state index contributed by atoms with van der Waals surface area (Å²) in [6, 6.07) is 6.55. The van der Waals surface area contributed by atoms with Crippen molar-refractivity contribution >= 4 is 23.8 Å². The van der Waals surface area contributed by atoms with Gasteiger partial charge in [-0.25, -0.2) is 4.79 Å². The predicted octanol–water partition coefficient (Wildman–Crippen LogP) is 4.66. The fourth-order valence-electron chi connectivity index (χ4n) is 5.43. The highest BCUT2D eigenvalue weighted by atomic mass is 16.6. The molecule has 39 heavy (non-hydrogen) atoms. The minimum absolute atomic E-state index is 0.0454. The number of esters is 1. The van der Waals surface area contributed by atoms with E-state index < -0.39 is 11.6 Å². The Morgan fingerprint density at radius 3 is 2.26 bits per heavy atom. The molecule has 1 N–H and O–H groups in total. The topological polar surface area (TPSA) is 113 Å². The summed E-state index contributed by atoms with van der Waals surface area (Å²) in [6.45, 7) is 7.93. The lowest BCUT2D eigenvalue weighted by Crippen LogP contribution is -2.43. The molecule has 2 atom stereocenters. The maximum atomic E-state index is 13.3. The minimum atomic E-state index is -0.512. The largest absolute Gasteiger partial charge is 0.508 e. The van der Waals surface area contributed by atoms with E-state index in [9.17, 15) is 24.3 Å². The van der Waals surface area contributed by atoms with Crippen LogP contribution in [-0.2, 0) is 23.9 Å². The number of aromatic hydroxyl groups is 1. The third-order valence-electron chi connectivity index (χ3n) is 7.71. The summed E-state index contributed by atoms with van der Waals surface area (Å²) >= 11 is 0. The van der Waals surface area contributed by atoms with Crippen molar-refractivity contribution in [1.82, 2.24) is 9.80 Å². The van der Waals surface area contributed by atoms with Crippen LogP contribution >= 0.6 is 0 Å². The Balaban J connectivity index is 1.48. The highest BCUT2D eigenvalue weighted by molar-refractivity contribution is 5.84. The van der Waals surface area contributed by atoms with E-state index in [1.807, 2.05) is 25.7 Å². The Hall–Kier alpha value is -3.10. The number of Topliss-reactive ketones (excluding diaryl/α,β-unsaturated/α-hetero) is 1. The lowest BCUT2D eigenvalue weighted by molar-refractivity contribution is -0.141. The molecule has 1 aromatic rings. The molecule has 0 aromatic heterocycles. The molecule has 9 heteroatoms. The van der Waals surface area contributed by atoms with E-state index in [1.54, 1.807) is 29.2 Å².